The van der Waals surface area contributed by atoms with Crippen LogP contribution in [0, 0.1) is 41.5 Å². The Balaban J connectivity index is 2.26. The van der Waals surface area contributed by atoms with E-state index in [0.717, 1.165) is 22.3 Å². The average Bonchev–Trinajstić information content (AvgIpc) is 2.88. The van der Waals surface area contributed by atoms with E-state index in [-0.39, 0.29) is 5.75 Å². The van der Waals surface area contributed by atoms with Crippen LogP contribution in [0.25, 0.3) is 0 Å². The van der Waals surface area contributed by atoms with Gasteiger partial charge < -0.3 is 4.42 Å². The molecule has 0 saturated heterocycles. The first-order valence-electron chi connectivity index (χ1n) is 7.74. The van der Waals surface area contributed by atoms with Crippen LogP contribution in [0.15, 0.2) is 9.31 Å². The van der Waals surface area contributed by atoms with Gasteiger partial charge in [0.15, 0.2) is 9.84 Å². The molecule has 0 amide bonds. The molecule has 0 aliphatic carbocycles. The van der Waals surface area contributed by atoms with Crippen molar-refractivity contribution in [3.8, 4) is 0 Å². The van der Waals surface area contributed by atoms with Gasteiger partial charge in [0, 0.05) is 13.3 Å². The van der Waals surface area contributed by atoms with Gasteiger partial charge in [0.1, 0.15) is 0 Å². The molecule has 0 aliphatic heterocycles. The minimum absolute atomic E-state index is 0.0814. The molecule has 1 aromatic heterocycles. The molecule has 6 heteroatoms. The Morgan fingerprint density at radius 2 is 1.35 bits per heavy atom. The van der Waals surface area contributed by atoms with E-state index in [1.54, 1.807) is 6.92 Å². The Kier molecular flexibility index (Phi) is 4.94. The summed E-state index contributed by atoms with van der Waals surface area (Å²) in [5, 5.41) is 7.66. The molecule has 126 valence electrons. The fourth-order valence-corrected chi connectivity index (χ4v) is 4.85. The third-order valence-corrected chi connectivity index (χ3v) is 6.67. The van der Waals surface area contributed by atoms with E-state index >= 15 is 0 Å². The predicted octanol–water partition coefficient (Wildman–Crippen LogP) is 3.33. The topological polar surface area (TPSA) is 73.1 Å². The summed E-state index contributed by atoms with van der Waals surface area (Å²) in [5.41, 5.74) is 5.00. The fourth-order valence-electron chi connectivity index (χ4n) is 2.89. The third-order valence-electron chi connectivity index (χ3n) is 4.61. The summed E-state index contributed by atoms with van der Waals surface area (Å²) in [4.78, 5) is 0.486. The quantitative estimate of drug-likeness (QED) is 0.837. The van der Waals surface area contributed by atoms with Crippen molar-refractivity contribution in [3.63, 3.8) is 0 Å². The van der Waals surface area contributed by atoms with Crippen LogP contribution in [0.1, 0.15) is 46.0 Å². The summed E-state index contributed by atoms with van der Waals surface area (Å²) in [5.74, 6) is 1.07. The lowest BCUT2D eigenvalue weighted by molar-refractivity contribution is 0.465. The summed E-state index contributed by atoms with van der Waals surface area (Å²) in [6.07, 6.45) is 0.941. The third kappa shape index (κ3) is 3.47. The maximum absolute atomic E-state index is 12.8. The van der Waals surface area contributed by atoms with E-state index in [0.29, 0.717) is 29.5 Å². The minimum atomic E-state index is -3.34. The standard InChI is InChI=1S/C17H24N2O3S/c1-10-11(2)13(4)17(14(5)12(10)3)23(20,21)9-7-8-16-19-18-15(6)22-16/h7-9H2,1-6H3. The molecule has 1 heterocycles. The summed E-state index contributed by atoms with van der Waals surface area (Å²) in [7, 11) is -3.34. The van der Waals surface area contributed by atoms with Gasteiger partial charge in [-0.15, -0.1) is 10.2 Å². The van der Waals surface area contributed by atoms with Gasteiger partial charge in [-0.1, -0.05) is 0 Å². The summed E-state index contributed by atoms with van der Waals surface area (Å²) >= 11 is 0. The highest BCUT2D eigenvalue weighted by Gasteiger charge is 2.23. The highest BCUT2D eigenvalue weighted by atomic mass is 32.2. The number of sulfone groups is 1. The zero-order valence-corrected chi connectivity index (χ0v) is 15.5. The first kappa shape index (κ1) is 17.7. The summed E-state index contributed by atoms with van der Waals surface area (Å²) in [6, 6.07) is 0. The normalized spacial score (nSPS) is 11.9. The number of aromatic nitrogens is 2. The van der Waals surface area contributed by atoms with Crippen LogP contribution in [0.5, 0.6) is 0 Å². The molecule has 0 spiro atoms. The molecule has 2 aromatic rings. The van der Waals surface area contributed by atoms with Crippen molar-refractivity contribution >= 4 is 9.84 Å². The molecule has 0 fully saturated rings. The van der Waals surface area contributed by atoms with Crippen LogP contribution in [0.3, 0.4) is 0 Å². The maximum Gasteiger partial charge on any atom is 0.216 e. The lowest BCUT2D eigenvalue weighted by Crippen LogP contribution is -2.14. The molecule has 2 rings (SSSR count). The van der Waals surface area contributed by atoms with Crippen molar-refractivity contribution < 1.29 is 12.8 Å². The van der Waals surface area contributed by atoms with Crippen molar-refractivity contribution in [2.24, 2.45) is 0 Å². The van der Waals surface area contributed by atoms with E-state index in [1.807, 2.05) is 34.6 Å². The zero-order chi connectivity index (χ0) is 17.4. The van der Waals surface area contributed by atoms with E-state index in [4.69, 9.17) is 4.42 Å². The number of benzene rings is 1. The molecule has 0 aliphatic rings. The van der Waals surface area contributed by atoms with Gasteiger partial charge in [-0.05, 0) is 68.9 Å². The van der Waals surface area contributed by atoms with Crippen LogP contribution in [-0.4, -0.2) is 24.4 Å². The number of aryl methyl sites for hydroxylation is 2. The maximum atomic E-state index is 12.8. The van der Waals surface area contributed by atoms with E-state index in [1.165, 1.54) is 5.56 Å². The van der Waals surface area contributed by atoms with Gasteiger partial charge in [0.2, 0.25) is 11.8 Å². The van der Waals surface area contributed by atoms with Crippen molar-refractivity contribution in [2.75, 3.05) is 5.75 Å². The van der Waals surface area contributed by atoms with Gasteiger partial charge in [-0.25, -0.2) is 8.42 Å². The highest BCUT2D eigenvalue weighted by molar-refractivity contribution is 7.91. The molecule has 5 nitrogen and oxygen atoms in total. The largest absolute Gasteiger partial charge is 0.426 e. The van der Waals surface area contributed by atoms with Crippen LogP contribution in [0.2, 0.25) is 0 Å². The minimum Gasteiger partial charge on any atom is -0.426 e. The van der Waals surface area contributed by atoms with Gasteiger partial charge >= 0.3 is 0 Å². The first-order valence-corrected chi connectivity index (χ1v) is 9.39. The molecule has 23 heavy (non-hydrogen) atoms. The van der Waals surface area contributed by atoms with Crippen molar-refractivity contribution in [1.29, 1.82) is 0 Å². The van der Waals surface area contributed by atoms with Gasteiger partial charge in [-0.3, -0.25) is 0 Å². The molecule has 1 aromatic carbocycles. The van der Waals surface area contributed by atoms with Crippen molar-refractivity contribution in [1.82, 2.24) is 10.2 Å². The summed E-state index contributed by atoms with van der Waals surface area (Å²) in [6.45, 7) is 11.5. The van der Waals surface area contributed by atoms with Gasteiger partial charge in [0.25, 0.3) is 0 Å². The molecule has 0 atom stereocenters. The SMILES string of the molecule is Cc1nnc(CCCS(=O)(=O)c2c(C)c(C)c(C)c(C)c2C)o1. The van der Waals surface area contributed by atoms with Crippen LogP contribution in [-0.2, 0) is 16.3 Å². The Bertz CT molecular complexity index is 807. The van der Waals surface area contributed by atoms with Crippen LogP contribution in [0.4, 0.5) is 0 Å². The number of hydrogen-bond acceptors (Lipinski definition) is 5. The van der Waals surface area contributed by atoms with E-state index in [2.05, 4.69) is 10.2 Å². The second-order valence-electron chi connectivity index (χ2n) is 6.09. The monoisotopic (exact) mass is 336 g/mol. The van der Waals surface area contributed by atoms with E-state index < -0.39 is 9.84 Å². The first-order chi connectivity index (χ1) is 10.6. The predicted molar refractivity (Wildman–Crippen MR) is 89.5 cm³/mol. The molecule has 0 unspecified atom stereocenters. The molecular formula is C17H24N2O3S. The van der Waals surface area contributed by atoms with Gasteiger partial charge in [0.05, 0.1) is 10.6 Å². The molecular weight excluding hydrogens is 312 g/mol. The second-order valence-corrected chi connectivity index (χ2v) is 8.14. The Labute approximate surface area is 138 Å². The smallest absolute Gasteiger partial charge is 0.216 e. The molecule has 0 saturated carbocycles. The lowest BCUT2D eigenvalue weighted by atomic mass is 9.95. The molecule has 0 N–H and O–H groups in total. The number of nitrogens with zero attached hydrogens (tertiary/aromatic N) is 2. The van der Waals surface area contributed by atoms with Crippen molar-refractivity contribution in [3.05, 3.63) is 39.6 Å². The average molecular weight is 336 g/mol. The Morgan fingerprint density at radius 1 is 0.826 bits per heavy atom. The Morgan fingerprint density at radius 3 is 1.83 bits per heavy atom. The number of hydrogen-bond donors (Lipinski definition) is 0. The fraction of sp³-hybridized carbons (Fsp3) is 0.529. The molecule has 0 bridgehead atoms. The Hall–Kier alpha value is -1.69. The number of rotatable bonds is 5. The van der Waals surface area contributed by atoms with Gasteiger partial charge in [-0.2, -0.15) is 0 Å². The van der Waals surface area contributed by atoms with Crippen LogP contribution >= 0.6 is 0 Å². The lowest BCUT2D eigenvalue weighted by Gasteiger charge is -2.18. The summed E-state index contributed by atoms with van der Waals surface area (Å²) < 4.78 is 30.9. The highest BCUT2D eigenvalue weighted by Crippen LogP contribution is 2.30. The zero-order valence-electron chi connectivity index (χ0n) is 14.6. The van der Waals surface area contributed by atoms with Crippen LogP contribution < -0.4 is 0 Å². The molecule has 0 radical (unpaired) electrons. The van der Waals surface area contributed by atoms with E-state index in [9.17, 15) is 8.42 Å². The van der Waals surface area contributed by atoms with Crippen molar-refractivity contribution in [2.45, 2.75) is 59.3 Å². The second kappa shape index (κ2) is 6.43.